The zero-order valence-corrected chi connectivity index (χ0v) is 15.4. The Morgan fingerprint density at radius 3 is 1.90 bits per heavy atom. The van der Waals surface area contributed by atoms with Crippen molar-refractivity contribution in [2.75, 3.05) is 13.1 Å². The molecule has 1 saturated heterocycles. The third-order valence-corrected chi connectivity index (χ3v) is 5.14. The SMILES string of the molecule is Fc1cccc(F)c1COC(c1ccc([C@H]2CCNC2)cc1)(C(F)(F)F)C(F)(F)F. The van der Waals surface area contributed by atoms with Gasteiger partial charge in [-0.25, -0.2) is 8.78 Å². The number of hydrogen-bond donors (Lipinski definition) is 1. The standard InChI is InChI=1S/C20H17F8NO/c21-16-2-1-3-17(22)15(16)11-30-18(19(23,24)25,20(26,27)28)14-6-4-12(5-7-14)13-8-9-29-10-13/h1-7,13,29H,8-11H2/t13-/m0/s1. The first-order valence-electron chi connectivity index (χ1n) is 8.99. The summed E-state index contributed by atoms with van der Waals surface area (Å²) in [4.78, 5) is 0. The van der Waals surface area contributed by atoms with Crippen molar-refractivity contribution in [3.8, 4) is 0 Å². The summed E-state index contributed by atoms with van der Waals surface area (Å²) in [5, 5.41) is 3.06. The fourth-order valence-corrected chi connectivity index (χ4v) is 3.51. The fourth-order valence-electron chi connectivity index (χ4n) is 3.51. The molecule has 1 aliphatic rings. The minimum atomic E-state index is -5.94. The lowest BCUT2D eigenvalue weighted by molar-refractivity contribution is -0.392. The molecule has 1 atom stereocenters. The van der Waals surface area contributed by atoms with E-state index in [1.165, 1.54) is 12.1 Å². The Morgan fingerprint density at radius 1 is 0.867 bits per heavy atom. The Bertz CT molecular complexity index is 836. The molecular formula is C20H17F8NO. The highest BCUT2D eigenvalue weighted by atomic mass is 19.4. The van der Waals surface area contributed by atoms with Gasteiger partial charge < -0.3 is 10.1 Å². The van der Waals surface area contributed by atoms with Crippen molar-refractivity contribution in [2.45, 2.75) is 36.9 Å². The molecule has 30 heavy (non-hydrogen) atoms. The molecule has 3 rings (SSSR count). The number of ether oxygens (including phenoxy) is 1. The van der Waals surface area contributed by atoms with Gasteiger partial charge in [-0.2, -0.15) is 26.3 Å². The predicted molar refractivity (Wildman–Crippen MR) is 91.6 cm³/mol. The maximum Gasteiger partial charge on any atom is 0.430 e. The highest BCUT2D eigenvalue weighted by Crippen LogP contribution is 2.53. The number of hydrogen-bond acceptors (Lipinski definition) is 2. The van der Waals surface area contributed by atoms with Crippen molar-refractivity contribution < 1.29 is 39.9 Å². The second-order valence-corrected chi connectivity index (χ2v) is 6.98. The molecule has 0 saturated carbocycles. The Kier molecular flexibility index (Phi) is 6.10. The second-order valence-electron chi connectivity index (χ2n) is 6.98. The molecule has 0 aliphatic carbocycles. The van der Waals surface area contributed by atoms with E-state index in [4.69, 9.17) is 0 Å². The Morgan fingerprint density at radius 2 is 1.43 bits per heavy atom. The van der Waals surface area contributed by atoms with Crippen molar-refractivity contribution in [1.29, 1.82) is 0 Å². The molecule has 1 fully saturated rings. The molecule has 0 bridgehead atoms. The van der Waals surface area contributed by atoms with Gasteiger partial charge in [0.05, 0.1) is 6.61 Å². The number of benzene rings is 2. The molecule has 2 aromatic rings. The smallest absolute Gasteiger partial charge is 0.349 e. The average Bonchev–Trinajstić information content (AvgIpc) is 3.17. The predicted octanol–water partition coefficient (Wildman–Crippen LogP) is 5.58. The van der Waals surface area contributed by atoms with Crippen LogP contribution in [0.25, 0.3) is 0 Å². The molecule has 2 nitrogen and oxygen atoms in total. The van der Waals surface area contributed by atoms with Gasteiger partial charge >= 0.3 is 12.4 Å². The molecule has 0 unspecified atom stereocenters. The summed E-state index contributed by atoms with van der Waals surface area (Å²) >= 11 is 0. The first-order valence-corrected chi connectivity index (χ1v) is 8.99. The molecule has 0 radical (unpaired) electrons. The first kappa shape index (κ1) is 22.5. The van der Waals surface area contributed by atoms with E-state index in [1.807, 2.05) is 0 Å². The highest BCUT2D eigenvalue weighted by Gasteiger charge is 2.73. The van der Waals surface area contributed by atoms with Crippen LogP contribution in [0.15, 0.2) is 42.5 Å². The molecule has 0 spiro atoms. The monoisotopic (exact) mass is 439 g/mol. The van der Waals surface area contributed by atoms with E-state index in [2.05, 4.69) is 10.1 Å². The van der Waals surface area contributed by atoms with Gasteiger partial charge in [-0.1, -0.05) is 30.3 Å². The second kappa shape index (κ2) is 8.14. The van der Waals surface area contributed by atoms with Gasteiger partial charge in [-0.15, -0.1) is 0 Å². The number of alkyl halides is 6. The Hall–Kier alpha value is -2.20. The quantitative estimate of drug-likeness (QED) is 0.615. The summed E-state index contributed by atoms with van der Waals surface area (Å²) in [6.45, 7) is -0.309. The van der Waals surface area contributed by atoms with E-state index >= 15 is 0 Å². The molecular weight excluding hydrogens is 422 g/mol. The lowest BCUT2D eigenvalue weighted by atomic mass is 9.89. The van der Waals surface area contributed by atoms with E-state index in [0.717, 1.165) is 18.2 Å². The van der Waals surface area contributed by atoms with Crippen molar-refractivity contribution in [2.24, 2.45) is 0 Å². The minimum Gasteiger partial charge on any atom is -0.349 e. The van der Waals surface area contributed by atoms with Crippen LogP contribution in [0.1, 0.15) is 29.0 Å². The molecule has 1 aliphatic heterocycles. The molecule has 1 heterocycles. The fraction of sp³-hybridized carbons (Fsp3) is 0.400. The molecule has 164 valence electrons. The van der Waals surface area contributed by atoms with Crippen molar-refractivity contribution in [1.82, 2.24) is 5.32 Å². The van der Waals surface area contributed by atoms with Crippen LogP contribution in [0.5, 0.6) is 0 Å². The van der Waals surface area contributed by atoms with Gasteiger partial charge in [0.2, 0.25) is 0 Å². The average molecular weight is 439 g/mol. The van der Waals surface area contributed by atoms with Crippen LogP contribution in [0, 0.1) is 11.6 Å². The third-order valence-electron chi connectivity index (χ3n) is 5.14. The first-order chi connectivity index (χ1) is 14.0. The summed E-state index contributed by atoms with van der Waals surface area (Å²) < 4.78 is 115. The summed E-state index contributed by atoms with van der Waals surface area (Å²) in [5.41, 5.74) is -6.40. The van der Waals surface area contributed by atoms with E-state index in [9.17, 15) is 35.1 Å². The number of nitrogens with one attached hydrogen (secondary N) is 1. The topological polar surface area (TPSA) is 21.3 Å². The van der Waals surface area contributed by atoms with E-state index in [-0.39, 0.29) is 5.92 Å². The Balaban J connectivity index is 2.03. The number of halogens is 8. The van der Waals surface area contributed by atoms with Crippen LogP contribution in [0.4, 0.5) is 35.1 Å². The zero-order chi connectivity index (χ0) is 22.2. The highest BCUT2D eigenvalue weighted by molar-refractivity contribution is 5.33. The third kappa shape index (κ3) is 4.02. The summed E-state index contributed by atoms with van der Waals surface area (Å²) in [6, 6.07) is 6.15. The van der Waals surface area contributed by atoms with E-state index in [0.29, 0.717) is 37.2 Å². The maximum absolute atomic E-state index is 13.8. The summed E-state index contributed by atoms with van der Waals surface area (Å²) in [6.07, 6.45) is -11.2. The van der Waals surface area contributed by atoms with Gasteiger partial charge in [-0.3, -0.25) is 0 Å². The van der Waals surface area contributed by atoms with Gasteiger partial charge in [-0.05, 0) is 36.6 Å². The van der Waals surface area contributed by atoms with Gasteiger partial charge in [0.15, 0.2) is 0 Å². The molecule has 2 aromatic carbocycles. The Labute approximate surface area is 166 Å². The minimum absolute atomic E-state index is 0.0290. The van der Waals surface area contributed by atoms with Crippen LogP contribution < -0.4 is 5.32 Å². The zero-order valence-electron chi connectivity index (χ0n) is 15.4. The summed E-state index contributed by atoms with van der Waals surface area (Å²) in [7, 11) is 0. The van der Waals surface area contributed by atoms with Crippen LogP contribution in [-0.2, 0) is 16.9 Å². The van der Waals surface area contributed by atoms with Crippen LogP contribution in [-0.4, -0.2) is 25.4 Å². The normalized spacial score (nSPS) is 18.1. The van der Waals surface area contributed by atoms with Crippen LogP contribution in [0.3, 0.4) is 0 Å². The summed E-state index contributed by atoms with van der Waals surface area (Å²) in [5.74, 6) is -2.65. The molecule has 1 N–H and O–H groups in total. The lowest BCUT2D eigenvalue weighted by Gasteiger charge is -2.37. The maximum atomic E-state index is 13.8. The molecule has 0 aromatic heterocycles. The van der Waals surface area contributed by atoms with Crippen LogP contribution >= 0.6 is 0 Å². The number of rotatable bonds is 5. The largest absolute Gasteiger partial charge is 0.430 e. The van der Waals surface area contributed by atoms with Gasteiger partial charge in [0, 0.05) is 17.7 Å². The van der Waals surface area contributed by atoms with Crippen molar-refractivity contribution in [3.05, 3.63) is 70.8 Å². The molecule has 0 amide bonds. The lowest BCUT2D eigenvalue weighted by Crippen LogP contribution is -2.55. The van der Waals surface area contributed by atoms with Crippen molar-refractivity contribution in [3.63, 3.8) is 0 Å². The van der Waals surface area contributed by atoms with E-state index in [1.54, 1.807) is 0 Å². The van der Waals surface area contributed by atoms with Crippen molar-refractivity contribution >= 4 is 0 Å². The van der Waals surface area contributed by atoms with Gasteiger partial charge in [0.25, 0.3) is 5.60 Å². The molecule has 10 heteroatoms. The van der Waals surface area contributed by atoms with Gasteiger partial charge in [0.1, 0.15) is 11.6 Å². The van der Waals surface area contributed by atoms with Crippen LogP contribution in [0.2, 0.25) is 0 Å². The van der Waals surface area contributed by atoms with E-state index < -0.39 is 47.3 Å².